The van der Waals surface area contributed by atoms with E-state index in [0.29, 0.717) is 12.2 Å². The predicted molar refractivity (Wildman–Crippen MR) is 70.3 cm³/mol. The van der Waals surface area contributed by atoms with Crippen molar-refractivity contribution in [3.63, 3.8) is 0 Å². The van der Waals surface area contributed by atoms with Gasteiger partial charge in [0.25, 0.3) is 0 Å². The summed E-state index contributed by atoms with van der Waals surface area (Å²) in [4.78, 5) is 4.43. The second-order valence-corrected chi connectivity index (χ2v) is 3.90. The summed E-state index contributed by atoms with van der Waals surface area (Å²) in [5.41, 5.74) is 3.26. The first-order chi connectivity index (χ1) is 8.74. The molecular formula is C15H14N2O. The van der Waals surface area contributed by atoms with Crippen LogP contribution in [-0.2, 0) is 0 Å². The summed E-state index contributed by atoms with van der Waals surface area (Å²) >= 11 is 0. The Kier molecular flexibility index (Phi) is 3.59. The fourth-order valence-corrected chi connectivity index (χ4v) is 1.73. The van der Waals surface area contributed by atoms with Crippen molar-refractivity contribution in [1.29, 1.82) is 5.26 Å². The van der Waals surface area contributed by atoms with Crippen LogP contribution in [0.5, 0.6) is 5.75 Å². The van der Waals surface area contributed by atoms with Crippen LogP contribution in [0.3, 0.4) is 0 Å². The summed E-state index contributed by atoms with van der Waals surface area (Å²) in [5.74, 6) is 0.853. The summed E-state index contributed by atoms with van der Waals surface area (Å²) in [6.45, 7) is 4.46. The zero-order valence-electron chi connectivity index (χ0n) is 10.5. The highest BCUT2D eigenvalue weighted by Crippen LogP contribution is 2.21. The van der Waals surface area contributed by atoms with Gasteiger partial charge in [0.1, 0.15) is 11.8 Å². The van der Waals surface area contributed by atoms with Crippen molar-refractivity contribution in [2.45, 2.75) is 13.8 Å². The molecule has 18 heavy (non-hydrogen) atoms. The van der Waals surface area contributed by atoms with Crippen molar-refractivity contribution in [2.24, 2.45) is 0 Å². The first-order valence-electron chi connectivity index (χ1n) is 5.85. The number of aromatic nitrogens is 1. The van der Waals surface area contributed by atoms with Crippen molar-refractivity contribution in [3.8, 4) is 23.1 Å². The number of hydrogen-bond donors (Lipinski definition) is 0. The van der Waals surface area contributed by atoms with Gasteiger partial charge in [-0.3, -0.25) is 4.98 Å². The Balaban J connectivity index is 2.31. The summed E-state index contributed by atoms with van der Waals surface area (Å²) in [7, 11) is 0. The molecule has 0 aliphatic rings. The molecule has 0 radical (unpaired) electrons. The van der Waals surface area contributed by atoms with Gasteiger partial charge in [-0.05, 0) is 50.2 Å². The molecule has 0 aliphatic heterocycles. The minimum Gasteiger partial charge on any atom is -0.494 e. The maximum Gasteiger partial charge on any atom is 0.119 e. The van der Waals surface area contributed by atoms with Crippen LogP contribution in [0.25, 0.3) is 11.3 Å². The largest absolute Gasteiger partial charge is 0.494 e. The monoisotopic (exact) mass is 238 g/mol. The average molecular weight is 238 g/mol. The second-order valence-electron chi connectivity index (χ2n) is 3.90. The highest BCUT2D eigenvalue weighted by molar-refractivity contribution is 5.61. The Hall–Kier alpha value is -2.34. The van der Waals surface area contributed by atoms with Crippen molar-refractivity contribution in [1.82, 2.24) is 4.98 Å². The molecule has 1 aromatic carbocycles. The van der Waals surface area contributed by atoms with E-state index in [1.807, 2.05) is 44.2 Å². The Morgan fingerprint density at radius 1 is 1.17 bits per heavy atom. The SMILES string of the molecule is CCOc1ccc(-c2ccc(C#N)c(C)n2)cc1. The molecule has 0 N–H and O–H groups in total. The van der Waals surface area contributed by atoms with E-state index in [9.17, 15) is 0 Å². The van der Waals surface area contributed by atoms with E-state index in [4.69, 9.17) is 10.00 Å². The molecule has 0 saturated heterocycles. The number of pyridine rings is 1. The topological polar surface area (TPSA) is 45.9 Å². The standard InChI is InChI=1S/C15H14N2O/c1-3-18-14-7-4-12(5-8-14)15-9-6-13(10-16)11(2)17-15/h4-9H,3H2,1-2H3. The van der Waals surface area contributed by atoms with Crippen LogP contribution < -0.4 is 4.74 Å². The lowest BCUT2D eigenvalue weighted by atomic mass is 10.1. The maximum atomic E-state index is 8.87. The lowest BCUT2D eigenvalue weighted by molar-refractivity contribution is 0.340. The third-order valence-electron chi connectivity index (χ3n) is 2.67. The van der Waals surface area contributed by atoms with Crippen LogP contribution in [0.4, 0.5) is 0 Å². The number of ether oxygens (including phenoxy) is 1. The van der Waals surface area contributed by atoms with Gasteiger partial charge in [-0.25, -0.2) is 0 Å². The van der Waals surface area contributed by atoms with Crippen LogP contribution in [-0.4, -0.2) is 11.6 Å². The highest BCUT2D eigenvalue weighted by Gasteiger charge is 2.03. The molecule has 1 heterocycles. The molecule has 2 aromatic rings. The van der Waals surface area contributed by atoms with Gasteiger partial charge >= 0.3 is 0 Å². The molecule has 0 saturated carbocycles. The lowest BCUT2D eigenvalue weighted by Gasteiger charge is -2.06. The van der Waals surface area contributed by atoms with Crippen molar-refractivity contribution in [2.75, 3.05) is 6.61 Å². The fraction of sp³-hybridized carbons (Fsp3) is 0.200. The molecule has 3 heteroatoms. The molecule has 0 aliphatic carbocycles. The number of aryl methyl sites for hydroxylation is 1. The zero-order chi connectivity index (χ0) is 13.0. The van der Waals surface area contributed by atoms with Crippen molar-refractivity contribution >= 4 is 0 Å². The summed E-state index contributed by atoms with van der Waals surface area (Å²) < 4.78 is 5.39. The van der Waals surface area contributed by atoms with E-state index in [1.54, 1.807) is 6.07 Å². The Labute approximate surface area is 107 Å². The molecule has 0 unspecified atom stereocenters. The van der Waals surface area contributed by atoms with Gasteiger partial charge in [-0.2, -0.15) is 5.26 Å². The van der Waals surface area contributed by atoms with E-state index < -0.39 is 0 Å². The smallest absolute Gasteiger partial charge is 0.119 e. The molecular weight excluding hydrogens is 224 g/mol. The molecule has 3 nitrogen and oxygen atoms in total. The molecule has 1 aromatic heterocycles. The van der Waals surface area contributed by atoms with Gasteiger partial charge in [0.05, 0.1) is 23.6 Å². The number of rotatable bonds is 3. The molecule has 0 amide bonds. The molecule has 0 spiro atoms. The van der Waals surface area contributed by atoms with Crippen LogP contribution in [0.15, 0.2) is 36.4 Å². The van der Waals surface area contributed by atoms with E-state index in [1.165, 1.54) is 0 Å². The van der Waals surface area contributed by atoms with E-state index in [0.717, 1.165) is 22.7 Å². The number of hydrogen-bond acceptors (Lipinski definition) is 3. The number of benzene rings is 1. The van der Waals surface area contributed by atoms with E-state index in [2.05, 4.69) is 11.1 Å². The first-order valence-corrected chi connectivity index (χ1v) is 5.85. The predicted octanol–water partition coefficient (Wildman–Crippen LogP) is 3.33. The third-order valence-corrected chi connectivity index (χ3v) is 2.67. The molecule has 2 rings (SSSR count). The molecule has 90 valence electrons. The van der Waals surface area contributed by atoms with Crippen LogP contribution in [0.2, 0.25) is 0 Å². The van der Waals surface area contributed by atoms with Gasteiger partial charge in [0.15, 0.2) is 0 Å². The Morgan fingerprint density at radius 2 is 1.89 bits per heavy atom. The van der Waals surface area contributed by atoms with Crippen LogP contribution in [0.1, 0.15) is 18.2 Å². The number of nitriles is 1. The molecule has 0 atom stereocenters. The summed E-state index contributed by atoms with van der Waals surface area (Å²) in [6, 6.07) is 13.6. The Bertz CT molecular complexity index is 582. The zero-order valence-corrected chi connectivity index (χ0v) is 10.5. The van der Waals surface area contributed by atoms with Gasteiger partial charge in [-0.15, -0.1) is 0 Å². The molecule has 0 fully saturated rings. The van der Waals surface area contributed by atoms with Gasteiger partial charge in [0.2, 0.25) is 0 Å². The lowest BCUT2D eigenvalue weighted by Crippen LogP contribution is -1.92. The number of nitrogens with zero attached hydrogens (tertiary/aromatic N) is 2. The van der Waals surface area contributed by atoms with E-state index in [-0.39, 0.29) is 0 Å². The Morgan fingerprint density at radius 3 is 2.44 bits per heavy atom. The fourth-order valence-electron chi connectivity index (χ4n) is 1.73. The average Bonchev–Trinajstić information content (AvgIpc) is 2.40. The van der Waals surface area contributed by atoms with E-state index >= 15 is 0 Å². The maximum absolute atomic E-state index is 8.87. The highest BCUT2D eigenvalue weighted by atomic mass is 16.5. The third kappa shape index (κ3) is 2.49. The molecule has 0 bridgehead atoms. The quantitative estimate of drug-likeness (QED) is 0.824. The van der Waals surface area contributed by atoms with Gasteiger partial charge in [-0.1, -0.05) is 0 Å². The van der Waals surface area contributed by atoms with Crippen molar-refractivity contribution < 1.29 is 4.74 Å². The summed E-state index contributed by atoms with van der Waals surface area (Å²) in [6.07, 6.45) is 0. The minimum absolute atomic E-state index is 0.615. The van der Waals surface area contributed by atoms with Crippen LogP contribution in [0, 0.1) is 18.3 Å². The second kappa shape index (κ2) is 5.33. The van der Waals surface area contributed by atoms with Crippen LogP contribution >= 0.6 is 0 Å². The summed E-state index contributed by atoms with van der Waals surface area (Å²) in [5, 5.41) is 8.87. The van der Waals surface area contributed by atoms with Gasteiger partial charge in [0, 0.05) is 5.56 Å². The normalized spacial score (nSPS) is 9.83. The minimum atomic E-state index is 0.615. The van der Waals surface area contributed by atoms with Crippen molar-refractivity contribution in [3.05, 3.63) is 47.7 Å². The van der Waals surface area contributed by atoms with Gasteiger partial charge < -0.3 is 4.74 Å². The first kappa shape index (κ1) is 12.1.